The average molecular weight is 299 g/mol. The fourth-order valence-electron chi connectivity index (χ4n) is 2.76. The van der Waals surface area contributed by atoms with E-state index in [0.717, 1.165) is 25.9 Å². The van der Waals surface area contributed by atoms with Gasteiger partial charge in [0.1, 0.15) is 6.04 Å². The zero-order valence-corrected chi connectivity index (χ0v) is 13.4. The Morgan fingerprint density at radius 2 is 2.14 bits per heavy atom. The van der Waals surface area contributed by atoms with Gasteiger partial charge in [-0.15, -0.1) is 0 Å². The molecule has 0 aromatic carbocycles. The third kappa shape index (κ3) is 6.44. The zero-order valence-electron chi connectivity index (χ0n) is 13.4. The van der Waals surface area contributed by atoms with Crippen molar-refractivity contribution in [1.82, 2.24) is 10.2 Å². The van der Waals surface area contributed by atoms with E-state index >= 15 is 0 Å². The molecule has 1 aliphatic rings. The van der Waals surface area contributed by atoms with Crippen LogP contribution in [0.3, 0.4) is 0 Å². The van der Waals surface area contributed by atoms with E-state index in [-0.39, 0.29) is 11.9 Å². The maximum atomic E-state index is 12.1. The van der Waals surface area contributed by atoms with E-state index in [4.69, 9.17) is 10.5 Å². The fourth-order valence-corrected chi connectivity index (χ4v) is 2.76. The van der Waals surface area contributed by atoms with Gasteiger partial charge in [0, 0.05) is 6.54 Å². The number of amides is 1. The molecule has 0 spiro atoms. The minimum Gasteiger partial charge on any atom is -0.467 e. The minimum absolute atomic E-state index is 0.122. The number of nitrogens with zero attached hydrogens (tertiary/aromatic N) is 1. The first-order valence-electron chi connectivity index (χ1n) is 7.75. The maximum Gasteiger partial charge on any atom is 0.328 e. The van der Waals surface area contributed by atoms with Gasteiger partial charge in [-0.3, -0.25) is 9.69 Å². The summed E-state index contributed by atoms with van der Waals surface area (Å²) in [7, 11) is 1.35. The molecule has 1 amide bonds. The van der Waals surface area contributed by atoms with Crippen molar-refractivity contribution in [3.05, 3.63) is 0 Å². The van der Waals surface area contributed by atoms with Crippen LogP contribution in [0.4, 0.5) is 0 Å². The highest BCUT2D eigenvalue weighted by Gasteiger charge is 2.25. The van der Waals surface area contributed by atoms with Crippen molar-refractivity contribution in [1.29, 1.82) is 0 Å². The number of methoxy groups -OCH3 is 1. The summed E-state index contributed by atoms with van der Waals surface area (Å²) >= 11 is 0. The number of ether oxygens (including phenoxy) is 1. The third-order valence-corrected chi connectivity index (χ3v) is 3.83. The molecule has 1 aliphatic heterocycles. The highest BCUT2D eigenvalue weighted by molar-refractivity contribution is 5.85. The molecule has 0 aromatic heterocycles. The predicted molar refractivity (Wildman–Crippen MR) is 81.6 cm³/mol. The quantitative estimate of drug-likeness (QED) is 0.663. The first-order valence-corrected chi connectivity index (χ1v) is 7.75. The van der Waals surface area contributed by atoms with Crippen molar-refractivity contribution in [2.45, 2.75) is 39.2 Å². The predicted octanol–water partition coefficient (Wildman–Crippen LogP) is 0.361. The fraction of sp³-hybridized carbons (Fsp3) is 0.867. The highest BCUT2D eigenvalue weighted by atomic mass is 16.5. The number of likely N-dealkylation sites (tertiary alicyclic amines) is 1. The molecule has 1 fully saturated rings. The number of rotatable bonds is 7. The Kier molecular flexibility index (Phi) is 7.67. The summed E-state index contributed by atoms with van der Waals surface area (Å²) in [6.45, 7) is 6.78. The molecule has 0 saturated carbocycles. The number of piperidine rings is 1. The largest absolute Gasteiger partial charge is 0.467 e. The molecular weight excluding hydrogens is 270 g/mol. The molecule has 0 bridgehead atoms. The number of nitrogens with one attached hydrogen (secondary N) is 1. The van der Waals surface area contributed by atoms with Gasteiger partial charge >= 0.3 is 5.97 Å². The van der Waals surface area contributed by atoms with Crippen LogP contribution in [0.25, 0.3) is 0 Å². The smallest absolute Gasteiger partial charge is 0.328 e. The Bertz CT molecular complexity index is 347. The van der Waals surface area contributed by atoms with Crippen molar-refractivity contribution in [3.63, 3.8) is 0 Å². The van der Waals surface area contributed by atoms with Crippen LogP contribution in [0, 0.1) is 11.8 Å². The van der Waals surface area contributed by atoms with Crippen LogP contribution in [-0.4, -0.2) is 56.1 Å². The molecule has 0 radical (unpaired) electrons. The molecule has 122 valence electrons. The summed E-state index contributed by atoms with van der Waals surface area (Å²) in [5, 5.41) is 2.79. The van der Waals surface area contributed by atoms with Crippen molar-refractivity contribution in [2.24, 2.45) is 17.6 Å². The van der Waals surface area contributed by atoms with Crippen molar-refractivity contribution < 1.29 is 14.3 Å². The summed E-state index contributed by atoms with van der Waals surface area (Å²) in [4.78, 5) is 25.9. The SMILES string of the molecule is COC(=O)C(CC(C)C)NC(=O)CN1CCCC(CN)C1. The van der Waals surface area contributed by atoms with Crippen LogP contribution < -0.4 is 11.1 Å². The minimum atomic E-state index is -0.558. The van der Waals surface area contributed by atoms with Gasteiger partial charge in [-0.25, -0.2) is 4.79 Å². The molecule has 0 aliphatic carbocycles. The summed E-state index contributed by atoms with van der Waals surface area (Å²) in [5.74, 6) is 0.281. The molecule has 1 saturated heterocycles. The normalized spacial score (nSPS) is 21.1. The van der Waals surface area contributed by atoms with Crippen LogP contribution in [0.2, 0.25) is 0 Å². The van der Waals surface area contributed by atoms with E-state index in [0.29, 0.717) is 31.3 Å². The molecule has 2 unspecified atom stereocenters. The van der Waals surface area contributed by atoms with Gasteiger partial charge in [-0.1, -0.05) is 13.8 Å². The van der Waals surface area contributed by atoms with E-state index in [2.05, 4.69) is 10.2 Å². The van der Waals surface area contributed by atoms with E-state index in [1.54, 1.807) is 0 Å². The maximum absolute atomic E-state index is 12.1. The molecule has 0 aromatic rings. The lowest BCUT2D eigenvalue weighted by Crippen LogP contribution is -2.48. The second-order valence-electron chi connectivity index (χ2n) is 6.25. The lowest BCUT2D eigenvalue weighted by molar-refractivity contribution is -0.145. The van der Waals surface area contributed by atoms with Gasteiger partial charge in [0.05, 0.1) is 13.7 Å². The summed E-state index contributed by atoms with van der Waals surface area (Å²) in [6.07, 6.45) is 2.79. The first kappa shape index (κ1) is 17.9. The number of hydrogen-bond donors (Lipinski definition) is 2. The molecular formula is C15H29N3O3. The summed E-state index contributed by atoms with van der Waals surface area (Å²) in [5.41, 5.74) is 5.70. The van der Waals surface area contributed by atoms with Crippen molar-refractivity contribution >= 4 is 11.9 Å². The Labute approximate surface area is 127 Å². The van der Waals surface area contributed by atoms with Gasteiger partial charge < -0.3 is 15.8 Å². The molecule has 21 heavy (non-hydrogen) atoms. The Morgan fingerprint density at radius 3 is 2.71 bits per heavy atom. The molecule has 2 atom stereocenters. The van der Waals surface area contributed by atoms with Gasteiger partial charge in [0.25, 0.3) is 0 Å². The number of esters is 1. The molecule has 3 N–H and O–H groups in total. The standard InChI is InChI=1S/C15H29N3O3/c1-11(2)7-13(15(20)21-3)17-14(19)10-18-6-4-5-12(8-16)9-18/h11-13H,4-10,16H2,1-3H3,(H,17,19). The Balaban J connectivity index is 2.47. The molecule has 1 rings (SSSR count). The second-order valence-corrected chi connectivity index (χ2v) is 6.25. The van der Waals surface area contributed by atoms with E-state index in [9.17, 15) is 9.59 Å². The van der Waals surface area contributed by atoms with Gasteiger partial charge in [0.15, 0.2) is 0 Å². The Morgan fingerprint density at radius 1 is 1.43 bits per heavy atom. The number of carbonyl (C=O) groups is 2. The third-order valence-electron chi connectivity index (χ3n) is 3.83. The van der Waals surface area contributed by atoms with E-state index in [1.807, 2.05) is 13.8 Å². The lowest BCUT2D eigenvalue weighted by Gasteiger charge is -2.31. The molecule has 1 heterocycles. The van der Waals surface area contributed by atoms with Crippen molar-refractivity contribution in [2.75, 3.05) is 33.3 Å². The lowest BCUT2D eigenvalue weighted by atomic mass is 9.98. The van der Waals surface area contributed by atoms with Crippen LogP contribution in [-0.2, 0) is 14.3 Å². The highest BCUT2D eigenvalue weighted by Crippen LogP contribution is 2.14. The molecule has 6 nitrogen and oxygen atoms in total. The van der Waals surface area contributed by atoms with Crippen molar-refractivity contribution in [3.8, 4) is 0 Å². The van der Waals surface area contributed by atoms with Gasteiger partial charge in [0.2, 0.25) is 5.91 Å². The van der Waals surface area contributed by atoms with Gasteiger partial charge in [-0.05, 0) is 44.2 Å². The second kappa shape index (κ2) is 9.00. The number of carbonyl (C=O) groups excluding carboxylic acids is 2. The first-order chi connectivity index (χ1) is 9.96. The van der Waals surface area contributed by atoms with E-state index in [1.165, 1.54) is 7.11 Å². The van der Waals surface area contributed by atoms with Crippen LogP contribution >= 0.6 is 0 Å². The van der Waals surface area contributed by atoms with Gasteiger partial charge in [-0.2, -0.15) is 0 Å². The van der Waals surface area contributed by atoms with Crippen LogP contribution in [0.1, 0.15) is 33.1 Å². The van der Waals surface area contributed by atoms with Crippen LogP contribution in [0.15, 0.2) is 0 Å². The summed E-state index contributed by atoms with van der Waals surface area (Å²) < 4.78 is 4.75. The Hall–Kier alpha value is -1.14. The average Bonchev–Trinajstić information content (AvgIpc) is 2.45. The number of hydrogen-bond acceptors (Lipinski definition) is 5. The number of nitrogens with two attached hydrogens (primary N) is 1. The monoisotopic (exact) mass is 299 g/mol. The van der Waals surface area contributed by atoms with Crippen LogP contribution in [0.5, 0.6) is 0 Å². The topological polar surface area (TPSA) is 84.7 Å². The molecule has 6 heteroatoms. The van der Waals surface area contributed by atoms with E-state index < -0.39 is 6.04 Å². The summed E-state index contributed by atoms with van der Waals surface area (Å²) in [6, 6.07) is -0.558. The zero-order chi connectivity index (χ0) is 15.8.